The van der Waals surface area contributed by atoms with Gasteiger partial charge in [0.2, 0.25) is 5.91 Å². The molecule has 86 valence electrons. The Balaban J connectivity index is 2.37. The molecule has 0 radical (unpaired) electrons. The van der Waals surface area contributed by atoms with Gasteiger partial charge in [0.25, 0.3) is 0 Å². The van der Waals surface area contributed by atoms with E-state index < -0.39 is 5.97 Å². The number of carboxylic acids is 1. The van der Waals surface area contributed by atoms with Crippen LogP contribution in [0.5, 0.6) is 0 Å². The van der Waals surface area contributed by atoms with E-state index in [0.29, 0.717) is 11.4 Å². The van der Waals surface area contributed by atoms with Crippen LogP contribution >= 0.6 is 11.3 Å². The number of thiophene rings is 1. The molecule has 1 aromatic rings. The summed E-state index contributed by atoms with van der Waals surface area (Å²) in [5.74, 6) is -0.843. The van der Waals surface area contributed by atoms with Crippen molar-refractivity contribution in [1.82, 2.24) is 4.90 Å². The first-order chi connectivity index (χ1) is 7.50. The standard InChI is InChI=1S/C11H13NO3S/c1-6-10-8(3-4-12(6)7(2)13)5-9(16-10)11(14)15/h5-6H,3-4H2,1-2H3,(H,14,15). The monoisotopic (exact) mass is 239 g/mol. The molecule has 1 unspecified atom stereocenters. The first-order valence-electron chi connectivity index (χ1n) is 5.14. The largest absolute Gasteiger partial charge is 0.477 e. The Labute approximate surface area is 97.5 Å². The van der Waals surface area contributed by atoms with Crippen molar-refractivity contribution in [3.05, 3.63) is 21.4 Å². The number of carboxylic acid groups (broad SMARTS) is 1. The molecule has 0 saturated carbocycles. The maximum atomic E-state index is 11.4. The third-order valence-corrected chi connectivity index (χ3v) is 4.26. The summed E-state index contributed by atoms with van der Waals surface area (Å²) in [5.41, 5.74) is 1.08. The van der Waals surface area contributed by atoms with E-state index in [1.807, 2.05) is 6.92 Å². The summed E-state index contributed by atoms with van der Waals surface area (Å²) < 4.78 is 0. The van der Waals surface area contributed by atoms with Crippen LogP contribution in [0.25, 0.3) is 0 Å². The Morgan fingerprint density at radius 3 is 2.81 bits per heavy atom. The summed E-state index contributed by atoms with van der Waals surface area (Å²) >= 11 is 1.28. The Hall–Kier alpha value is -1.36. The number of aromatic carboxylic acids is 1. The highest BCUT2D eigenvalue weighted by molar-refractivity contribution is 7.14. The van der Waals surface area contributed by atoms with Crippen LogP contribution in [0.15, 0.2) is 6.07 Å². The predicted octanol–water partition coefficient (Wildman–Crippen LogP) is 1.91. The molecule has 0 fully saturated rings. The van der Waals surface area contributed by atoms with E-state index in [9.17, 15) is 9.59 Å². The highest BCUT2D eigenvalue weighted by Gasteiger charge is 2.28. The van der Waals surface area contributed by atoms with Crippen molar-refractivity contribution < 1.29 is 14.7 Å². The van der Waals surface area contributed by atoms with Gasteiger partial charge in [-0.3, -0.25) is 4.79 Å². The van der Waals surface area contributed by atoms with E-state index in [1.54, 1.807) is 17.9 Å². The summed E-state index contributed by atoms with van der Waals surface area (Å²) in [4.78, 5) is 25.4. The predicted molar refractivity (Wildman–Crippen MR) is 60.8 cm³/mol. The molecule has 0 aliphatic carbocycles. The van der Waals surface area contributed by atoms with Gasteiger partial charge in [-0.2, -0.15) is 0 Å². The van der Waals surface area contributed by atoms with E-state index in [1.165, 1.54) is 11.3 Å². The van der Waals surface area contributed by atoms with Crippen LogP contribution in [0.1, 0.15) is 40.0 Å². The molecule has 0 spiro atoms. The zero-order chi connectivity index (χ0) is 11.9. The molecule has 0 aromatic carbocycles. The van der Waals surface area contributed by atoms with Gasteiger partial charge in [0.05, 0.1) is 6.04 Å². The Morgan fingerprint density at radius 2 is 2.25 bits per heavy atom. The van der Waals surface area contributed by atoms with E-state index in [2.05, 4.69) is 0 Å². The highest BCUT2D eigenvalue weighted by atomic mass is 32.1. The van der Waals surface area contributed by atoms with Gasteiger partial charge in [0.15, 0.2) is 0 Å². The third-order valence-electron chi connectivity index (χ3n) is 2.93. The van der Waals surface area contributed by atoms with Crippen molar-refractivity contribution in [3.8, 4) is 0 Å². The van der Waals surface area contributed by atoms with Crippen LogP contribution in [-0.2, 0) is 11.2 Å². The third kappa shape index (κ3) is 1.71. The minimum absolute atomic E-state index is 0.000602. The maximum absolute atomic E-state index is 11.4. The fourth-order valence-corrected chi connectivity index (χ4v) is 3.22. The molecule has 16 heavy (non-hydrogen) atoms. The highest BCUT2D eigenvalue weighted by Crippen LogP contribution is 2.35. The van der Waals surface area contributed by atoms with Gasteiger partial charge in [-0.15, -0.1) is 11.3 Å². The lowest BCUT2D eigenvalue weighted by Crippen LogP contribution is -2.36. The molecular formula is C11H13NO3S. The SMILES string of the molecule is CC(=O)N1CCc2cc(C(=O)O)sc2C1C. The number of hydrogen-bond acceptors (Lipinski definition) is 3. The molecule has 1 aromatic heterocycles. The number of nitrogens with zero attached hydrogens (tertiary/aromatic N) is 1. The molecule has 1 N–H and O–H groups in total. The Kier molecular flexibility index (Phi) is 2.71. The number of carbonyl (C=O) groups is 2. The smallest absolute Gasteiger partial charge is 0.345 e. The van der Waals surface area contributed by atoms with Crippen molar-refractivity contribution in [1.29, 1.82) is 0 Å². The lowest BCUT2D eigenvalue weighted by Gasteiger charge is -2.32. The first-order valence-corrected chi connectivity index (χ1v) is 5.95. The summed E-state index contributed by atoms with van der Waals surface area (Å²) in [6.07, 6.45) is 0.753. The van der Waals surface area contributed by atoms with E-state index in [4.69, 9.17) is 5.11 Å². The quantitative estimate of drug-likeness (QED) is 0.814. The first kappa shape index (κ1) is 11.1. The van der Waals surface area contributed by atoms with Crippen LogP contribution in [0.3, 0.4) is 0 Å². The van der Waals surface area contributed by atoms with Gasteiger partial charge in [-0.25, -0.2) is 4.79 Å². The molecule has 1 amide bonds. The molecule has 1 aliphatic rings. The molecule has 0 bridgehead atoms. The van der Waals surface area contributed by atoms with E-state index in [0.717, 1.165) is 16.9 Å². The molecule has 4 nitrogen and oxygen atoms in total. The zero-order valence-electron chi connectivity index (χ0n) is 9.19. The number of rotatable bonds is 1. The van der Waals surface area contributed by atoms with Crippen molar-refractivity contribution in [2.45, 2.75) is 26.3 Å². The zero-order valence-corrected chi connectivity index (χ0v) is 10.0. The summed E-state index contributed by atoms with van der Waals surface area (Å²) in [6.45, 7) is 4.17. The van der Waals surface area contributed by atoms with Gasteiger partial charge in [0, 0.05) is 18.3 Å². The summed E-state index contributed by atoms with van der Waals surface area (Å²) in [7, 11) is 0. The Bertz CT molecular complexity index is 452. The minimum atomic E-state index is -0.888. The molecule has 0 saturated heterocycles. The number of hydrogen-bond donors (Lipinski definition) is 1. The molecule has 2 heterocycles. The van der Waals surface area contributed by atoms with Crippen LogP contribution in [-0.4, -0.2) is 28.4 Å². The second kappa shape index (κ2) is 3.90. The topological polar surface area (TPSA) is 57.6 Å². The van der Waals surface area contributed by atoms with Crippen molar-refractivity contribution >= 4 is 23.2 Å². The molecule has 1 atom stereocenters. The van der Waals surface area contributed by atoms with Gasteiger partial charge in [-0.1, -0.05) is 0 Å². The fourth-order valence-electron chi connectivity index (χ4n) is 2.10. The van der Waals surface area contributed by atoms with Crippen LogP contribution in [0.4, 0.5) is 0 Å². The lowest BCUT2D eigenvalue weighted by molar-refractivity contribution is -0.131. The second-order valence-electron chi connectivity index (χ2n) is 3.94. The van der Waals surface area contributed by atoms with Crippen molar-refractivity contribution in [2.24, 2.45) is 0 Å². The van der Waals surface area contributed by atoms with E-state index >= 15 is 0 Å². The number of amides is 1. The van der Waals surface area contributed by atoms with Gasteiger partial charge in [-0.05, 0) is 25.0 Å². The van der Waals surface area contributed by atoms with Crippen LogP contribution < -0.4 is 0 Å². The minimum Gasteiger partial charge on any atom is -0.477 e. The second-order valence-corrected chi connectivity index (χ2v) is 5.03. The van der Waals surface area contributed by atoms with Gasteiger partial charge in [0.1, 0.15) is 4.88 Å². The average Bonchev–Trinajstić information content (AvgIpc) is 2.62. The van der Waals surface area contributed by atoms with Crippen LogP contribution in [0, 0.1) is 0 Å². The summed E-state index contributed by atoms with van der Waals surface area (Å²) in [5, 5.41) is 8.93. The Morgan fingerprint density at radius 1 is 1.56 bits per heavy atom. The number of fused-ring (bicyclic) bond motifs is 1. The lowest BCUT2D eigenvalue weighted by atomic mass is 10.0. The summed E-state index contributed by atoms with van der Waals surface area (Å²) in [6, 6.07) is 1.73. The normalized spacial score (nSPS) is 19.4. The van der Waals surface area contributed by atoms with Gasteiger partial charge < -0.3 is 10.0 Å². The molecule has 2 rings (SSSR count). The molecule has 5 heteroatoms. The molecular weight excluding hydrogens is 226 g/mol. The molecule has 1 aliphatic heterocycles. The van der Waals surface area contributed by atoms with Gasteiger partial charge >= 0.3 is 5.97 Å². The van der Waals surface area contributed by atoms with Crippen molar-refractivity contribution in [3.63, 3.8) is 0 Å². The average molecular weight is 239 g/mol. The van der Waals surface area contributed by atoms with Crippen molar-refractivity contribution in [2.75, 3.05) is 6.54 Å². The van der Waals surface area contributed by atoms with Crippen LogP contribution in [0.2, 0.25) is 0 Å². The maximum Gasteiger partial charge on any atom is 0.345 e. The fraction of sp³-hybridized carbons (Fsp3) is 0.455. The number of carbonyl (C=O) groups excluding carboxylic acids is 1. The van der Waals surface area contributed by atoms with E-state index in [-0.39, 0.29) is 11.9 Å².